The molecule has 1 aromatic heterocycles. The van der Waals surface area contributed by atoms with Gasteiger partial charge in [-0.05, 0) is 38.8 Å². The van der Waals surface area contributed by atoms with Crippen molar-refractivity contribution in [1.82, 2.24) is 10.3 Å². The zero-order valence-electron chi connectivity index (χ0n) is 12.2. The fourth-order valence-corrected chi connectivity index (χ4v) is 2.79. The molecule has 1 aromatic carbocycles. The number of aromatic nitrogens is 1. The molecule has 1 N–H and O–H groups in total. The van der Waals surface area contributed by atoms with Gasteiger partial charge in [0.05, 0.1) is 5.51 Å². The number of hydrogen-bond donors (Lipinski definition) is 1. The van der Waals surface area contributed by atoms with E-state index in [9.17, 15) is 4.39 Å². The summed E-state index contributed by atoms with van der Waals surface area (Å²) in [6.07, 6.45) is 2.68. The first-order valence-corrected chi connectivity index (χ1v) is 7.70. The van der Waals surface area contributed by atoms with Gasteiger partial charge in [0.1, 0.15) is 5.82 Å². The average molecular weight is 292 g/mol. The normalized spacial score (nSPS) is 13.4. The summed E-state index contributed by atoms with van der Waals surface area (Å²) in [7, 11) is 0. The van der Waals surface area contributed by atoms with Crippen molar-refractivity contribution >= 4 is 11.3 Å². The molecule has 20 heavy (non-hydrogen) atoms. The lowest BCUT2D eigenvalue weighted by molar-refractivity contribution is 0.401. The first-order valence-electron chi connectivity index (χ1n) is 6.82. The highest BCUT2D eigenvalue weighted by Gasteiger charge is 2.19. The molecule has 2 nitrogen and oxygen atoms in total. The Bertz CT molecular complexity index is 532. The molecule has 0 saturated heterocycles. The van der Waals surface area contributed by atoms with Crippen molar-refractivity contribution in [1.29, 1.82) is 0 Å². The lowest BCUT2D eigenvalue weighted by Gasteiger charge is -2.25. The van der Waals surface area contributed by atoms with Crippen molar-refractivity contribution in [2.75, 3.05) is 6.54 Å². The lowest BCUT2D eigenvalue weighted by Crippen LogP contribution is -2.39. The SMILES string of the molecule is CC(C)(C)NCC(Cc1cncs1)c1ccccc1F. The van der Waals surface area contributed by atoms with Crippen LogP contribution in [0.2, 0.25) is 0 Å². The van der Waals surface area contributed by atoms with Crippen LogP contribution in [0.15, 0.2) is 36.0 Å². The number of halogens is 1. The number of thiazole rings is 1. The molecule has 1 unspecified atom stereocenters. The third-order valence-corrected chi connectivity index (χ3v) is 3.96. The second-order valence-corrected chi connectivity index (χ2v) is 6.99. The topological polar surface area (TPSA) is 24.9 Å². The van der Waals surface area contributed by atoms with E-state index < -0.39 is 0 Å². The summed E-state index contributed by atoms with van der Waals surface area (Å²) >= 11 is 1.62. The summed E-state index contributed by atoms with van der Waals surface area (Å²) in [5, 5.41) is 3.48. The zero-order chi connectivity index (χ0) is 14.6. The van der Waals surface area contributed by atoms with Crippen LogP contribution >= 0.6 is 11.3 Å². The van der Waals surface area contributed by atoms with Crippen LogP contribution in [0, 0.1) is 5.82 Å². The van der Waals surface area contributed by atoms with E-state index in [1.165, 1.54) is 10.9 Å². The van der Waals surface area contributed by atoms with E-state index in [4.69, 9.17) is 0 Å². The van der Waals surface area contributed by atoms with Crippen molar-refractivity contribution in [2.45, 2.75) is 38.6 Å². The minimum absolute atomic E-state index is 0.0250. The Morgan fingerprint density at radius 1 is 1.30 bits per heavy atom. The van der Waals surface area contributed by atoms with Gasteiger partial charge in [-0.2, -0.15) is 0 Å². The Kier molecular flexibility index (Phi) is 4.89. The van der Waals surface area contributed by atoms with Crippen molar-refractivity contribution in [3.8, 4) is 0 Å². The molecule has 1 atom stereocenters. The highest BCUT2D eigenvalue weighted by molar-refractivity contribution is 7.09. The maximum Gasteiger partial charge on any atom is 0.126 e. The summed E-state index contributed by atoms with van der Waals surface area (Å²) < 4.78 is 14.0. The van der Waals surface area contributed by atoms with E-state index in [1.807, 2.05) is 23.8 Å². The smallest absolute Gasteiger partial charge is 0.126 e. The van der Waals surface area contributed by atoms with Crippen LogP contribution in [-0.2, 0) is 6.42 Å². The third-order valence-electron chi connectivity index (χ3n) is 3.15. The quantitative estimate of drug-likeness (QED) is 0.901. The van der Waals surface area contributed by atoms with E-state index in [2.05, 4.69) is 31.1 Å². The molecular formula is C16H21FN2S. The minimum atomic E-state index is -0.127. The first-order chi connectivity index (χ1) is 9.46. The molecule has 0 radical (unpaired) electrons. The van der Waals surface area contributed by atoms with E-state index in [-0.39, 0.29) is 17.3 Å². The Hall–Kier alpha value is -1.26. The van der Waals surface area contributed by atoms with Crippen LogP contribution in [0.4, 0.5) is 4.39 Å². The zero-order valence-corrected chi connectivity index (χ0v) is 13.0. The van der Waals surface area contributed by atoms with E-state index in [0.717, 1.165) is 18.5 Å². The second-order valence-electron chi connectivity index (χ2n) is 6.02. The first kappa shape index (κ1) is 15.1. The fourth-order valence-electron chi connectivity index (χ4n) is 2.11. The van der Waals surface area contributed by atoms with Crippen molar-refractivity contribution in [3.63, 3.8) is 0 Å². The van der Waals surface area contributed by atoms with Crippen LogP contribution in [0.1, 0.15) is 37.1 Å². The van der Waals surface area contributed by atoms with Crippen molar-refractivity contribution in [2.24, 2.45) is 0 Å². The summed E-state index contributed by atoms with van der Waals surface area (Å²) in [4.78, 5) is 5.29. The molecule has 4 heteroatoms. The molecule has 2 rings (SSSR count). The number of nitrogens with one attached hydrogen (secondary N) is 1. The van der Waals surface area contributed by atoms with Crippen molar-refractivity contribution in [3.05, 3.63) is 52.2 Å². The Morgan fingerprint density at radius 2 is 2.05 bits per heavy atom. The van der Waals surface area contributed by atoms with E-state index >= 15 is 0 Å². The van der Waals surface area contributed by atoms with Gasteiger partial charge < -0.3 is 5.32 Å². The van der Waals surface area contributed by atoms with Gasteiger partial charge in [-0.25, -0.2) is 4.39 Å². The van der Waals surface area contributed by atoms with Crippen LogP contribution in [-0.4, -0.2) is 17.1 Å². The molecule has 108 valence electrons. The number of nitrogens with zero attached hydrogens (tertiary/aromatic N) is 1. The minimum Gasteiger partial charge on any atom is -0.311 e. The van der Waals surface area contributed by atoms with Crippen LogP contribution in [0.25, 0.3) is 0 Å². The van der Waals surface area contributed by atoms with Gasteiger partial charge in [0, 0.05) is 29.1 Å². The predicted molar refractivity (Wildman–Crippen MR) is 82.7 cm³/mol. The number of hydrogen-bond acceptors (Lipinski definition) is 3. The van der Waals surface area contributed by atoms with Crippen LogP contribution in [0.5, 0.6) is 0 Å². The molecule has 0 bridgehead atoms. The molecule has 2 aromatic rings. The molecular weight excluding hydrogens is 271 g/mol. The average Bonchev–Trinajstić information content (AvgIpc) is 2.87. The molecule has 1 heterocycles. The summed E-state index contributed by atoms with van der Waals surface area (Å²) in [5.41, 5.74) is 2.62. The van der Waals surface area contributed by atoms with Gasteiger partial charge in [-0.3, -0.25) is 4.98 Å². The molecule has 0 fully saturated rings. The molecule has 0 saturated carbocycles. The highest BCUT2D eigenvalue weighted by atomic mass is 32.1. The monoisotopic (exact) mass is 292 g/mol. The molecule has 0 aliphatic rings. The summed E-state index contributed by atoms with van der Waals surface area (Å²) in [5.74, 6) is -0.00593. The van der Waals surface area contributed by atoms with E-state index in [1.54, 1.807) is 17.4 Å². The molecule has 0 aliphatic heterocycles. The Morgan fingerprint density at radius 3 is 2.65 bits per heavy atom. The van der Waals surface area contributed by atoms with Gasteiger partial charge in [0.2, 0.25) is 0 Å². The van der Waals surface area contributed by atoms with Gasteiger partial charge in [-0.1, -0.05) is 18.2 Å². The maximum absolute atomic E-state index is 14.0. The van der Waals surface area contributed by atoms with Gasteiger partial charge in [-0.15, -0.1) is 11.3 Å². The Labute approximate surface area is 124 Å². The number of benzene rings is 1. The largest absolute Gasteiger partial charge is 0.311 e. The standard InChI is InChI=1S/C16H21FN2S/c1-16(2,3)19-9-12(8-13-10-18-11-20-13)14-6-4-5-7-15(14)17/h4-7,10-12,19H,8-9H2,1-3H3. The second kappa shape index (κ2) is 6.46. The highest BCUT2D eigenvalue weighted by Crippen LogP contribution is 2.25. The van der Waals surface area contributed by atoms with Gasteiger partial charge in [0.15, 0.2) is 0 Å². The van der Waals surface area contributed by atoms with Crippen LogP contribution < -0.4 is 5.32 Å². The fraction of sp³-hybridized carbons (Fsp3) is 0.438. The number of rotatable bonds is 5. The third kappa shape index (κ3) is 4.39. The van der Waals surface area contributed by atoms with Gasteiger partial charge in [0.25, 0.3) is 0 Å². The van der Waals surface area contributed by atoms with Gasteiger partial charge >= 0.3 is 0 Å². The molecule has 0 aliphatic carbocycles. The van der Waals surface area contributed by atoms with Crippen LogP contribution in [0.3, 0.4) is 0 Å². The molecule has 0 spiro atoms. The maximum atomic E-state index is 14.0. The van der Waals surface area contributed by atoms with E-state index in [0.29, 0.717) is 0 Å². The lowest BCUT2D eigenvalue weighted by atomic mass is 9.93. The Balaban J connectivity index is 2.17. The molecule has 0 amide bonds. The summed E-state index contributed by atoms with van der Waals surface area (Å²) in [6.45, 7) is 7.12. The van der Waals surface area contributed by atoms with Crippen molar-refractivity contribution < 1.29 is 4.39 Å². The summed E-state index contributed by atoms with van der Waals surface area (Å²) in [6, 6.07) is 7.05. The predicted octanol–water partition coefficient (Wildman–Crippen LogP) is 4.00.